The van der Waals surface area contributed by atoms with E-state index < -0.39 is 10.8 Å². The lowest BCUT2D eigenvalue weighted by Crippen LogP contribution is -2.49. The number of rotatable bonds is 12. The molecular weight excluding hydrogens is 1650 g/mol. The lowest BCUT2D eigenvalue weighted by molar-refractivity contribution is -0.00981. The van der Waals surface area contributed by atoms with Crippen molar-refractivity contribution in [1.82, 2.24) is 29.9 Å². The van der Waals surface area contributed by atoms with Crippen LogP contribution in [0.2, 0.25) is 0 Å². The molecule has 14 saturated carbocycles. The Balaban J connectivity index is 0.000000131. The number of benzene rings is 12. The second-order valence-corrected chi connectivity index (χ2v) is 45.9. The van der Waals surface area contributed by atoms with Crippen molar-refractivity contribution in [3.05, 3.63) is 356 Å². The third-order valence-electron chi connectivity index (χ3n) is 38.4. The first-order chi connectivity index (χ1) is 66.2. The zero-order valence-corrected chi connectivity index (χ0v) is 78.6. The molecule has 16 aromatic rings. The fraction of sp³-hybridized carbons (Fsp3) is 0.376. The number of aryl methyl sites for hydroxylation is 5. The van der Waals surface area contributed by atoms with Crippen molar-refractivity contribution in [2.75, 3.05) is 9.80 Å². The minimum absolute atomic E-state index is 0.101. The highest BCUT2D eigenvalue weighted by Gasteiger charge is 2.63. The van der Waals surface area contributed by atoms with Crippen molar-refractivity contribution in [2.45, 2.75) is 221 Å². The van der Waals surface area contributed by atoms with Crippen LogP contribution in [0.4, 0.5) is 34.1 Å². The average Bonchev–Trinajstić information content (AvgIpc) is 0.932. The zero-order valence-electron chi connectivity index (χ0n) is 78.6. The minimum atomic E-state index is -0.682. The van der Waals surface area contributed by atoms with Gasteiger partial charge >= 0.3 is 0 Å². The third kappa shape index (κ3) is 11.6. The van der Waals surface area contributed by atoms with Crippen LogP contribution in [0.1, 0.15) is 250 Å². The van der Waals surface area contributed by atoms with E-state index in [1.807, 2.05) is 0 Å². The molecule has 32 rings (SSSR count). The molecule has 12 aromatic carbocycles. The molecule has 16 aliphatic rings. The summed E-state index contributed by atoms with van der Waals surface area (Å²) < 4.78 is 13.9. The van der Waals surface area contributed by atoms with Gasteiger partial charge in [-0.15, -0.1) is 0 Å². The van der Waals surface area contributed by atoms with Gasteiger partial charge in [0.1, 0.15) is 45.6 Å². The second-order valence-electron chi connectivity index (χ2n) is 45.9. The number of nitrogens with zero attached hydrogens (tertiary/aromatic N) is 8. The summed E-state index contributed by atoms with van der Waals surface area (Å²) in [7, 11) is 0. The van der Waals surface area contributed by atoms with Crippen LogP contribution in [0, 0.1) is 106 Å². The SMILES string of the molecule is Cc1cc(N2c3ccccc3C(c3ccccc3)(c3cccc4c3oc3ccccc34)c3ccccc32)cc(C)c1-c1nc(C23CC4CC(CC(C4)C2)C3)nc(C23CC4CCCC(C2)C4C3)n1.Cc1ccccc1C1(c2cccc3c2oc2ccccc23)c2ccccc2N(c2cc(C)c(-c3nc(C45CC6CC(CC(C6)C4)C5)nc(C45CC6CCCC(C4)C6C5)n3)c(C)c2)c2ccccc21. The smallest absolute Gasteiger partial charge is 0.163 e. The highest BCUT2D eigenvalue weighted by Crippen LogP contribution is 2.70. The minimum Gasteiger partial charge on any atom is -0.456 e. The van der Waals surface area contributed by atoms with Gasteiger partial charge in [-0.25, -0.2) is 29.9 Å². The Morgan fingerprint density at radius 2 is 0.570 bits per heavy atom. The van der Waals surface area contributed by atoms with E-state index in [0.717, 1.165) is 184 Å². The number of fused-ring (bicyclic) bond motifs is 12. The highest BCUT2D eigenvalue weighted by atomic mass is 16.3. The zero-order chi connectivity index (χ0) is 89.3. The van der Waals surface area contributed by atoms with Gasteiger partial charge in [-0.05, 0) is 343 Å². The first-order valence-electron chi connectivity index (χ1n) is 51.8. The quantitative estimate of drug-likeness (QED) is 0.117. The summed E-state index contributed by atoms with van der Waals surface area (Å²) in [4.78, 5) is 39.6. The van der Waals surface area contributed by atoms with E-state index in [-0.39, 0.29) is 21.7 Å². The largest absolute Gasteiger partial charge is 0.456 e. The molecule has 10 nitrogen and oxygen atoms in total. The van der Waals surface area contributed by atoms with Crippen molar-refractivity contribution in [3.63, 3.8) is 0 Å². The van der Waals surface area contributed by atoms with Crippen molar-refractivity contribution < 1.29 is 8.83 Å². The molecule has 135 heavy (non-hydrogen) atoms. The topological polar surface area (TPSA) is 110 Å². The lowest BCUT2D eigenvalue weighted by Gasteiger charge is -2.56. The van der Waals surface area contributed by atoms with Gasteiger partial charge in [0.25, 0.3) is 0 Å². The summed E-state index contributed by atoms with van der Waals surface area (Å²) in [5.74, 6) is 16.6. The Hall–Kier alpha value is -12.1. The molecule has 670 valence electrons. The van der Waals surface area contributed by atoms with Gasteiger partial charge in [0, 0.05) is 76.8 Å². The van der Waals surface area contributed by atoms with E-state index in [1.54, 1.807) is 0 Å². The maximum absolute atomic E-state index is 6.97. The second kappa shape index (κ2) is 29.4. The third-order valence-corrected chi connectivity index (χ3v) is 38.4. The van der Waals surface area contributed by atoms with Crippen LogP contribution in [0.5, 0.6) is 0 Å². The molecule has 0 radical (unpaired) electrons. The van der Waals surface area contributed by atoms with Crippen LogP contribution in [0.25, 0.3) is 66.7 Å². The summed E-state index contributed by atoms with van der Waals surface area (Å²) >= 11 is 0. The molecule has 0 saturated heterocycles. The van der Waals surface area contributed by atoms with E-state index in [9.17, 15) is 0 Å². The van der Waals surface area contributed by atoms with E-state index in [0.29, 0.717) is 0 Å². The van der Waals surface area contributed by atoms with E-state index in [2.05, 4.69) is 305 Å². The fourth-order valence-electron chi connectivity index (χ4n) is 34.4. The standard InChI is InChI=1S/C63H60N4O.C62H58N4O/c1-37-14-4-6-19-49(37)63(52-22-13-18-47-46-17-5-11-25-55(46)68-57(47)52)50-20-7-9-23-53(50)67(54-24-10-8-21-51(54)63)45-26-38(2)56(39(3)27-45)58-64-59(61-31-40-28-41(32-61)30-42(29-40)33-61)66-60(65-58)62-34-43-15-12-16-44(35-62)48(43)36-62;1-37-26-45(27-38(2)55(37)57-63-58(60-31-39-28-40(32-60)30-41(29-39)33-60)65-59(64-57)61-34-42-14-12-15-43(35-61)48(42)36-61)66-52-23-9-7-20-49(52)62(44-16-4-3-5-17-44,50-21-8-10-24-53(50)66)51-22-13-19-47-46-18-6-11-25-54(46)67-56(47)51/h4-11,13-14,17-27,40-44,48H,12,15-16,28-36H2,1-3H3;3-11,13,16-27,39-43,48H,12,14-15,28-36H2,1-2H3. The maximum atomic E-state index is 6.97. The van der Waals surface area contributed by atoms with Gasteiger partial charge in [0.15, 0.2) is 11.6 Å². The van der Waals surface area contributed by atoms with Crippen molar-refractivity contribution >= 4 is 78.0 Å². The highest BCUT2D eigenvalue weighted by molar-refractivity contribution is 6.09. The first kappa shape index (κ1) is 80.2. The van der Waals surface area contributed by atoms with Crippen LogP contribution in [0.15, 0.2) is 270 Å². The molecule has 2 aliphatic heterocycles. The Kier molecular flexibility index (Phi) is 17.5. The van der Waals surface area contributed by atoms with Gasteiger partial charge in [0.05, 0.1) is 33.6 Å². The van der Waals surface area contributed by atoms with Crippen molar-refractivity contribution in [1.29, 1.82) is 0 Å². The fourth-order valence-corrected chi connectivity index (χ4v) is 34.4. The van der Waals surface area contributed by atoms with Crippen LogP contribution >= 0.6 is 0 Å². The average molecular weight is 1760 g/mol. The monoisotopic (exact) mass is 1760 g/mol. The first-order valence-corrected chi connectivity index (χ1v) is 51.8. The molecule has 0 spiro atoms. The number of furan rings is 2. The van der Waals surface area contributed by atoms with Crippen LogP contribution in [0.3, 0.4) is 0 Å². The van der Waals surface area contributed by atoms with E-state index >= 15 is 0 Å². The Bertz CT molecular complexity index is 7360. The number of hydrogen-bond acceptors (Lipinski definition) is 10. The van der Waals surface area contributed by atoms with Crippen molar-refractivity contribution in [3.8, 4) is 22.8 Å². The van der Waals surface area contributed by atoms with E-state index in [1.165, 1.54) is 238 Å². The van der Waals surface area contributed by atoms with Crippen LogP contribution in [-0.4, -0.2) is 29.9 Å². The molecule has 4 atom stereocenters. The van der Waals surface area contributed by atoms with Gasteiger partial charge in [0.2, 0.25) is 0 Å². The van der Waals surface area contributed by atoms with Gasteiger partial charge in [-0.3, -0.25) is 0 Å². The van der Waals surface area contributed by atoms with E-state index in [4.69, 9.17) is 38.7 Å². The van der Waals surface area contributed by atoms with Gasteiger partial charge in [-0.1, -0.05) is 239 Å². The molecule has 6 heterocycles. The van der Waals surface area contributed by atoms with Gasteiger partial charge in [-0.2, -0.15) is 0 Å². The molecule has 12 bridgehead atoms. The molecule has 0 N–H and O–H groups in total. The number of hydrogen-bond donors (Lipinski definition) is 0. The van der Waals surface area contributed by atoms with Gasteiger partial charge < -0.3 is 18.6 Å². The van der Waals surface area contributed by atoms with Crippen molar-refractivity contribution in [2.24, 2.45) is 71.0 Å². The molecule has 10 heteroatoms. The molecular formula is C125H118N8O2. The molecule has 0 amide bonds. The predicted octanol–water partition coefficient (Wildman–Crippen LogP) is 30.6. The number of aromatic nitrogens is 6. The Morgan fingerprint density at radius 1 is 0.267 bits per heavy atom. The summed E-state index contributed by atoms with van der Waals surface area (Å²) in [6, 6.07) is 96.6. The maximum Gasteiger partial charge on any atom is 0.163 e. The molecule has 14 aliphatic carbocycles. The summed E-state index contributed by atoms with van der Waals surface area (Å²) in [5, 5.41) is 4.56. The lowest BCUT2D eigenvalue weighted by atomic mass is 9.49. The molecule has 4 unspecified atom stereocenters. The van der Waals surface area contributed by atoms with Crippen LogP contribution < -0.4 is 9.80 Å². The number of para-hydroxylation sites is 8. The van der Waals surface area contributed by atoms with Crippen LogP contribution in [-0.2, 0) is 32.5 Å². The number of anilines is 6. The Morgan fingerprint density at radius 3 is 0.941 bits per heavy atom. The summed E-state index contributed by atoms with van der Waals surface area (Å²) in [6.45, 7) is 11.5. The predicted molar refractivity (Wildman–Crippen MR) is 541 cm³/mol. The summed E-state index contributed by atoms with van der Waals surface area (Å²) in [5.41, 5.74) is 27.9. The normalized spacial score (nSPS) is 29.3. The molecule has 4 aromatic heterocycles. The molecule has 14 fully saturated rings. The Labute approximate surface area is 792 Å². The summed E-state index contributed by atoms with van der Waals surface area (Å²) in [6.07, 6.45) is 32.2.